The molecule has 1 heterocycles. The Morgan fingerprint density at radius 2 is 1.77 bits per heavy atom. The predicted octanol–water partition coefficient (Wildman–Crippen LogP) is 0.736. The molecule has 9 nitrogen and oxygen atoms in total. The van der Waals surface area contributed by atoms with Crippen molar-refractivity contribution < 1.29 is 22.7 Å². The highest BCUT2D eigenvalue weighted by molar-refractivity contribution is 7.89. The largest absolute Gasteiger partial charge is 0.449 e. The Kier molecular flexibility index (Phi) is 6.89. The van der Waals surface area contributed by atoms with Crippen molar-refractivity contribution in [2.75, 3.05) is 19.7 Å². The van der Waals surface area contributed by atoms with Crippen LogP contribution in [0.15, 0.2) is 29.2 Å². The number of amides is 2. The third kappa shape index (κ3) is 5.13. The van der Waals surface area contributed by atoms with Crippen LogP contribution >= 0.6 is 12.2 Å². The molecular weight excluding hydrogens is 380 g/mol. The van der Waals surface area contributed by atoms with Gasteiger partial charge < -0.3 is 4.74 Å². The zero-order chi connectivity index (χ0) is 19.2. The minimum atomic E-state index is -3.53. The van der Waals surface area contributed by atoms with Crippen LogP contribution in [0.5, 0.6) is 0 Å². The van der Waals surface area contributed by atoms with E-state index >= 15 is 0 Å². The molecule has 11 heteroatoms. The van der Waals surface area contributed by atoms with Crippen molar-refractivity contribution in [3.63, 3.8) is 0 Å². The monoisotopic (exact) mass is 400 g/mol. The SMILES string of the molecule is CCOC(=O)NNC(=S)NC(=O)c1ccc(S(=O)(=O)N2CCCC2)cc1. The van der Waals surface area contributed by atoms with E-state index in [1.165, 1.54) is 28.6 Å². The summed E-state index contributed by atoms with van der Waals surface area (Å²) in [5.41, 5.74) is 4.69. The molecule has 3 N–H and O–H groups in total. The van der Waals surface area contributed by atoms with Crippen molar-refractivity contribution >= 4 is 39.4 Å². The van der Waals surface area contributed by atoms with Crippen molar-refractivity contribution in [1.82, 2.24) is 20.5 Å². The molecule has 2 rings (SSSR count). The number of rotatable bonds is 4. The van der Waals surface area contributed by atoms with Crippen molar-refractivity contribution in [3.8, 4) is 0 Å². The van der Waals surface area contributed by atoms with Gasteiger partial charge in [-0.3, -0.25) is 15.5 Å². The number of hydrogen-bond acceptors (Lipinski definition) is 6. The van der Waals surface area contributed by atoms with Crippen LogP contribution in [0.3, 0.4) is 0 Å². The van der Waals surface area contributed by atoms with Crippen molar-refractivity contribution in [2.45, 2.75) is 24.7 Å². The topological polar surface area (TPSA) is 117 Å². The second kappa shape index (κ2) is 8.92. The van der Waals surface area contributed by atoms with Crippen LogP contribution in [0, 0.1) is 0 Å². The predicted molar refractivity (Wildman–Crippen MR) is 97.8 cm³/mol. The molecule has 142 valence electrons. The summed E-state index contributed by atoms with van der Waals surface area (Å²) in [5.74, 6) is -0.543. The van der Waals surface area contributed by atoms with Crippen LogP contribution in [0.4, 0.5) is 4.79 Å². The molecular formula is C15H20N4O5S2. The highest BCUT2D eigenvalue weighted by Gasteiger charge is 2.27. The molecule has 0 spiro atoms. The summed E-state index contributed by atoms with van der Waals surface area (Å²) in [5, 5.41) is 2.23. The normalized spacial score (nSPS) is 14.5. The smallest absolute Gasteiger partial charge is 0.425 e. The number of hydrazine groups is 1. The number of ether oxygens (including phenoxy) is 1. The minimum Gasteiger partial charge on any atom is -0.449 e. The van der Waals surface area contributed by atoms with Crippen LogP contribution in [-0.4, -0.2) is 49.5 Å². The fourth-order valence-electron chi connectivity index (χ4n) is 2.34. The number of thiocarbonyl (C=S) groups is 1. The molecule has 0 bridgehead atoms. The third-order valence-electron chi connectivity index (χ3n) is 3.60. The molecule has 0 atom stereocenters. The first kappa shape index (κ1) is 20.1. The number of nitrogens with zero attached hydrogens (tertiary/aromatic N) is 1. The average Bonchev–Trinajstić information content (AvgIpc) is 3.16. The van der Waals surface area contributed by atoms with Crippen LogP contribution < -0.4 is 16.2 Å². The van der Waals surface area contributed by atoms with Crippen LogP contribution in [0.2, 0.25) is 0 Å². The van der Waals surface area contributed by atoms with E-state index in [1.807, 2.05) is 0 Å². The van der Waals surface area contributed by atoms with Gasteiger partial charge in [-0.1, -0.05) is 0 Å². The first-order valence-electron chi connectivity index (χ1n) is 7.99. The number of hydrogen-bond donors (Lipinski definition) is 3. The van der Waals surface area contributed by atoms with E-state index in [4.69, 9.17) is 12.2 Å². The van der Waals surface area contributed by atoms with E-state index < -0.39 is 22.0 Å². The quantitative estimate of drug-likeness (QED) is 0.504. The highest BCUT2D eigenvalue weighted by Crippen LogP contribution is 2.21. The first-order chi connectivity index (χ1) is 12.3. The zero-order valence-electron chi connectivity index (χ0n) is 14.1. The molecule has 1 aromatic carbocycles. The lowest BCUT2D eigenvalue weighted by atomic mass is 10.2. The van der Waals surface area contributed by atoms with Gasteiger partial charge in [0.05, 0.1) is 11.5 Å². The van der Waals surface area contributed by atoms with Gasteiger partial charge in [0, 0.05) is 18.7 Å². The Hall–Kier alpha value is -2.24. The van der Waals surface area contributed by atoms with Gasteiger partial charge in [0.25, 0.3) is 5.91 Å². The Morgan fingerprint density at radius 1 is 1.15 bits per heavy atom. The molecule has 2 amide bonds. The van der Waals surface area contributed by atoms with Gasteiger partial charge in [-0.15, -0.1) is 0 Å². The van der Waals surface area contributed by atoms with E-state index in [9.17, 15) is 18.0 Å². The van der Waals surface area contributed by atoms with Crippen LogP contribution in [-0.2, 0) is 14.8 Å². The molecule has 1 fully saturated rings. The van der Waals surface area contributed by atoms with E-state index in [1.54, 1.807) is 6.92 Å². The summed E-state index contributed by atoms with van der Waals surface area (Å²) in [6.45, 7) is 2.86. The van der Waals surface area contributed by atoms with Gasteiger partial charge in [0.15, 0.2) is 5.11 Å². The fourth-order valence-corrected chi connectivity index (χ4v) is 4.00. The fraction of sp³-hybridized carbons (Fsp3) is 0.400. The van der Waals surface area contributed by atoms with Crippen LogP contribution in [0.1, 0.15) is 30.1 Å². The number of sulfonamides is 1. The summed E-state index contributed by atoms with van der Waals surface area (Å²) in [7, 11) is -3.53. The number of nitrogens with one attached hydrogen (secondary N) is 3. The van der Waals surface area contributed by atoms with Gasteiger partial charge in [-0.25, -0.2) is 18.6 Å². The van der Waals surface area contributed by atoms with Gasteiger partial charge >= 0.3 is 6.09 Å². The van der Waals surface area contributed by atoms with E-state index in [-0.39, 0.29) is 22.2 Å². The summed E-state index contributed by atoms with van der Waals surface area (Å²) >= 11 is 4.87. The van der Waals surface area contributed by atoms with Gasteiger partial charge in [-0.2, -0.15) is 4.31 Å². The lowest BCUT2D eigenvalue weighted by Crippen LogP contribution is -2.48. The Bertz CT molecular complexity index is 774. The van der Waals surface area contributed by atoms with Gasteiger partial charge in [-0.05, 0) is 56.2 Å². The van der Waals surface area contributed by atoms with Crippen molar-refractivity contribution in [1.29, 1.82) is 0 Å². The standard InChI is InChI=1S/C15H20N4O5S2/c1-2-24-15(21)18-17-14(25)16-13(20)11-5-7-12(8-6-11)26(22,23)19-9-3-4-10-19/h5-8H,2-4,9-10H2,1H3,(H,18,21)(H2,16,17,20,25). The number of carbonyl (C=O) groups excluding carboxylic acids is 2. The zero-order valence-corrected chi connectivity index (χ0v) is 15.8. The summed E-state index contributed by atoms with van der Waals surface area (Å²) in [6, 6.07) is 5.57. The Morgan fingerprint density at radius 3 is 2.35 bits per heavy atom. The van der Waals surface area contributed by atoms with E-state index in [0.29, 0.717) is 13.1 Å². The first-order valence-corrected chi connectivity index (χ1v) is 9.83. The second-order valence-corrected chi connectivity index (χ2v) is 7.74. The van der Waals surface area contributed by atoms with Gasteiger partial charge in [0.2, 0.25) is 10.0 Å². The summed E-state index contributed by atoms with van der Waals surface area (Å²) in [4.78, 5) is 23.4. The summed E-state index contributed by atoms with van der Waals surface area (Å²) in [6.07, 6.45) is 0.967. The molecule has 0 aliphatic carbocycles. The van der Waals surface area contributed by atoms with E-state index in [0.717, 1.165) is 12.8 Å². The maximum atomic E-state index is 12.4. The molecule has 1 aliphatic heterocycles. The third-order valence-corrected chi connectivity index (χ3v) is 5.72. The maximum Gasteiger partial charge on any atom is 0.425 e. The molecule has 1 aliphatic rings. The minimum absolute atomic E-state index is 0.128. The van der Waals surface area contributed by atoms with Crippen molar-refractivity contribution in [3.05, 3.63) is 29.8 Å². The highest BCUT2D eigenvalue weighted by atomic mass is 32.2. The Balaban J connectivity index is 1.94. The van der Waals surface area contributed by atoms with Gasteiger partial charge in [0.1, 0.15) is 0 Å². The second-order valence-electron chi connectivity index (χ2n) is 5.39. The van der Waals surface area contributed by atoms with Crippen LogP contribution in [0.25, 0.3) is 0 Å². The average molecular weight is 400 g/mol. The molecule has 26 heavy (non-hydrogen) atoms. The lowest BCUT2D eigenvalue weighted by molar-refractivity contribution is 0.0975. The van der Waals surface area contributed by atoms with E-state index in [2.05, 4.69) is 20.9 Å². The maximum absolute atomic E-state index is 12.4. The molecule has 1 aromatic rings. The Labute approximate surface area is 157 Å². The molecule has 0 saturated carbocycles. The lowest BCUT2D eigenvalue weighted by Gasteiger charge is -2.15. The molecule has 0 unspecified atom stereocenters. The number of carbonyl (C=O) groups is 2. The number of benzene rings is 1. The van der Waals surface area contributed by atoms with Crippen molar-refractivity contribution in [2.24, 2.45) is 0 Å². The molecule has 0 aromatic heterocycles. The summed E-state index contributed by atoms with van der Waals surface area (Å²) < 4.78 is 30.9. The molecule has 1 saturated heterocycles. The molecule has 0 radical (unpaired) electrons.